The van der Waals surface area contributed by atoms with Crippen LogP contribution in [0.5, 0.6) is 0 Å². The molecule has 0 saturated heterocycles. The van der Waals surface area contributed by atoms with Crippen LogP contribution in [0.1, 0.15) is 16.1 Å². The minimum Gasteiger partial charge on any atom is -0.464 e. The summed E-state index contributed by atoms with van der Waals surface area (Å²) in [6.07, 6.45) is 2.79. The summed E-state index contributed by atoms with van der Waals surface area (Å²) in [6.45, 7) is 1.92. The summed E-state index contributed by atoms with van der Waals surface area (Å²) in [4.78, 5) is 19.3. The molecule has 2 aromatic rings. The Balaban J connectivity index is 2.20. The van der Waals surface area contributed by atoms with Crippen LogP contribution in [0.2, 0.25) is 5.02 Å². The number of esters is 1. The molecule has 0 aliphatic heterocycles. The smallest absolute Gasteiger partial charge is 0.358 e. The molecule has 19 heavy (non-hydrogen) atoms. The van der Waals surface area contributed by atoms with E-state index in [4.69, 9.17) is 11.6 Å². The average molecular weight is 278 g/mol. The van der Waals surface area contributed by atoms with Crippen LogP contribution in [0.25, 0.3) is 0 Å². The highest BCUT2D eigenvalue weighted by Crippen LogP contribution is 2.27. The number of carbonyl (C=O) groups excluding carboxylic acids is 1. The fourth-order valence-corrected chi connectivity index (χ4v) is 1.66. The van der Waals surface area contributed by atoms with Crippen molar-refractivity contribution in [3.05, 3.63) is 46.9 Å². The largest absolute Gasteiger partial charge is 0.464 e. The third kappa shape index (κ3) is 3.00. The van der Waals surface area contributed by atoms with Crippen molar-refractivity contribution in [1.82, 2.24) is 9.97 Å². The summed E-state index contributed by atoms with van der Waals surface area (Å²) in [6, 6.07) is 5.64. The molecule has 1 aromatic heterocycles. The molecule has 1 aromatic carbocycles. The summed E-state index contributed by atoms with van der Waals surface area (Å²) < 4.78 is 4.55. The second kappa shape index (κ2) is 5.67. The second-order valence-corrected chi connectivity index (χ2v) is 4.22. The zero-order chi connectivity index (χ0) is 13.8. The van der Waals surface area contributed by atoms with E-state index >= 15 is 0 Å². The Morgan fingerprint density at radius 3 is 2.74 bits per heavy atom. The lowest BCUT2D eigenvalue weighted by Gasteiger charge is -2.09. The first-order chi connectivity index (χ1) is 9.11. The Hall–Kier alpha value is -2.14. The number of rotatable bonds is 3. The van der Waals surface area contributed by atoms with Crippen LogP contribution in [0.4, 0.5) is 11.5 Å². The van der Waals surface area contributed by atoms with E-state index in [0.29, 0.717) is 10.8 Å². The predicted molar refractivity (Wildman–Crippen MR) is 72.8 cm³/mol. The predicted octanol–water partition coefficient (Wildman–Crippen LogP) is 2.97. The third-order valence-electron chi connectivity index (χ3n) is 2.50. The van der Waals surface area contributed by atoms with Gasteiger partial charge in [-0.05, 0) is 18.6 Å². The minimum atomic E-state index is -0.521. The average Bonchev–Trinajstić information content (AvgIpc) is 2.44. The SMILES string of the molecule is COC(=O)c1cnc(Nc2cccc(C)c2Cl)cn1. The highest BCUT2D eigenvalue weighted by atomic mass is 35.5. The van der Waals surface area contributed by atoms with Crippen molar-refractivity contribution in [3.8, 4) is 0 Å². The number of halogens is 1. The van der Waals surface area contributed by atoms with Gasteiger partial charge in [0, 0.05) is 0 Å². The first kappa shape index (κ1) is 13.3. The van der Waals surface area contributed by atoms with Crippen molar-refractivity contribution in [2.45, 2.75) is 6.92 Å². The van der Waals surface area contributed by atoms with E-state index in [-0.39, 0.29) is 5.69 Å². The Morgan fingerprint density at radius 1 is 1.32 bits per heavy atom. The van der Waals surface area contributed by atoms with Crippen molar-refractivity contribution in [2.24, 2.45) is 0 Å². The molecule has 0 radical (unpaired) electrons. The molecule has 0 bridgehead atoms. The normalized spacial score (nSPS) is 10.1. The number of ether oxygens (including phenoxy) is 1. The van der Waals surface area contributed by atoms with E-state index in [2.05, 4.69) is 20.0 Å². The van der Waals surface area contributed by atoms with Crippen LogP contribution < -0.4 is 5.32 Å². The van der Waals surface area contributed by atoms with Gasteiger partial charge in [0.2, 0.25) is 0 Å². The number of benzene rings is 1. The molecule has 0 spiro atoms. The van der Waals surface area contributed by atoms with E-state index in [1.165, 1.54) is 19.5 Å². The van der Waals surface area contributed by atoms with Gasteiger partial charge in [0.25, 0.3) is 0 Å². The summed E-state index contributed by atoms with van der Waals surface area (Å²) in [7, 11) is 1.29. The summed E-state index contributed by atoms with van der Waals surface area (Å²) >= 11 is 6.16. The minimum absolute atomic E-state index is 0.156. The van der Waals surface area contributed by atoms with Gasteiger partial charge in [-0.3, -0.25) is 0 Å². The number of nitrogens with one attached hydrogen (secondary N) is 1. The molecule has 0 unspecified atom stereocenters. The zero-order valence-corrected chi connectivity index (χ0v) is 11.2. The molecule has 0 amide bonds. The fraction of sp³-hybridized carbons (Fsp3) is 0.154. The van der Waals surface area contributed by atoms with Crippen LogP contribution in [0.15, 0.2) is 30.6 Å². The number of anilines is 2. The van der Waals surface area contributed by atoms with E-state index < -0.39 is 5.97 Å². The molecule has 2 rings (SSSR count). The van der Waals surface area contributed by atoms with Crippen LogP contribution in [0.3, 0.4) is 0 Å². The second-order valence-electron chi connectivity index (χ2n) is 3.84. The quantitative estimate of drug-likeness (QED) is 0.874. The fourth-order valence-electron chi connectivity index (χ4n) is 1.48. The maximum Gasteiger partial charge on any atom is 0.358 e. The number of hydrogen-bond donors (Lipinski definition) is 1. The molecule has 0 saturated carbocycles. The Morgan fingerprint density at radius 2 is 2.11 bits per heavy atom. The van der Waals surface area contributed by atoms with Gasteiger partial charge in [-0.25, -0.2) is 14.8 Å². The summed E-state index contributed by atoms with van der Waals surface area (Å²) in [5, 5.41) is 3.67. The molecule has 6 heteroatoms. The maximum absolute atomic E-state index is 11.2. The molecule has 1 heterocycles. The molecule has 0 aliphatic carbocycles. The molecular weight excluding hydrogens is 266 g/mol. The first-order valence-corrected chi connectivity index (χ1v) is 5.92. The molecule has 0 fully saturated rings. The van der Waals surface area contributed by atoms with Gasteiger partial charge in [0.15, 0.2) is 5.69 Å². The van der Waals surface area contributed by atoms with Crippen molar-refractivity contribution < 1.29 is 9.53 Å². The number of hydrogen-bond acceptors (Lipinski definition) is 5. The van der Waals surface area contributed by atoms with Gasteiger partial charge in [0.05, 0.1) is 30.2 Å². The molecular formula is C13H12ClN3O2. The van der Waals surface area contributed by atoms with Gasteiger partial charge < -0.3 is 10.1 Å². The van der Waals surface area contributed by atoms with Gasteiger partial charge in [-0.2, -0.15) is 0 Å². The van der Waals surface area contributed by atoms with Crippen LogP contribution in [0, 0.1) is 6.92 Å². The van der Waals surface area contributed by atoms with E-state index in [1.807, 2.05) is 25.1 Å². The van der Waals surface area contributed by atoms with Crippen LogP contribution in [-0.2, 0) is 4.74 Å². The highest BCUT2D eigenvalue weighted by molar-refractivity contribution is 6.34. The first-order valence-electron chi connectivity index (χ1n) is 5.54. The van der Waals surface area contributed by atoms with Crippen molar-refractivity contribution in [1.29, 1.82) is 0 Å². The molecule has 0 atom stereocenters. The van der Waals surface area contributed by atoms with Gasteiger partial charge in [0.1, 0.15) is 5.82 Å². The van der Waals surface area contributed by atoms with Crippen LogP contribution >= 0.6 is 11.6 Å². The lowest BCUT2D eigenvalue weighted by atomic mass is 10.2. The lowest BCUT2D eigenvalue weighted by Crippen LogP contribution is -2.05. The van der Waals surface area contributed by atoms with E-state index in [0.717, 1.165) is 11.3 Å². The maximum atomic E-state index is 11.2. The lowest BCUT2D eigenvalue weighted by molar-refractivity contribution is 0.0593. The molecule has 5 nitrogen and oxygen atoms in total. The summed E-state index contributed by atoms with van der Waals surface area (Å²) in [5.74, 6) is -0.0206. The molecule has 1 N–H and O–H groups in total. The third-order valence-corrected chi connectivity index (χ3v) is 3.00. The number of nitrogens with zero attached hydrogens (tertiary/aromatic N) is 2. The number of aryl methyl sites for hydroxylation is 1. The Kier molecular flexibility index (Phi) is 3.97. The highest BCUT2D eigenvalue weighted by Gasteiger charge is 2.08. The van der Waals surface area contributed by atoms with Gasteiger partial charge in [-0.15, -0.1) is 0 Å². The van der Waals surface area contributed by atoms with E-state index in [9.17, 15) is 4.79 Å². The monoisotopic (exact) mass is 277 g/mol. The van der Waals surface area contributed by atoms with Gasteiger partial charge in [-0.1, -0.05) is 23.7 Å². The van der Waals surface area contributed by atoms with Crippen LogP contribution in [-0.4, -0.2) is 23.0 Å². The Bertz CT molecular complexity index is 599. The van der Waals surface area contributed by atoms with Crippen molar-refractivity contribution in [3.63, 3.8) is 0 Å². The molecule has 98 valence electrons. The topological polar surface area (TPSA) is 64.1 Å². The Labute approximate surface area is 115 Å². The molecule has 0 aliphatic rings. The number of carbonyl (C=O) groups is 1. The van der Waals surface area contributed by atoms with Crippen molar-refractivity contribution in [2.75, 3.05) is 12.4 Å². The van der Waals surface area contributed by atoms with E-state index in [1.54, 1.807) is 0 Å². The number of methoxy groups -OCH3 is 1. The standard InChI is InChI=1S/C13H12ClN3O2/c1-8-4-3-5-9(12(8)14)17-11-7-15-10(6-16-11)13(18)19-2/h3-7H,1-2H3,(H,16,17). The zero-order valence-electron chi connectivity index (χ0n) is 10.5. The summed E-state index contributed by atoms with van der Waals surface area (Å²) in [5.41, 5.74) is 1.86. The van der Waals surface area contributed by atoms with Crippen molar-refractivity contribution >= 4 is 29.1 Å². The van der Waals surface area contributed by atoms with Gasteiger partial charge >= 0.3 is 5.97 Å². The number of aromatic nitrogens is 2.